The first-order chi connectivity index (χ1) is 17.7. The van der Waals surface area contributed by atoms with E-state index >= 15 is 0 Å². The molecule has 9 heteroatoms. The van der Waals surface area contributed by atoms with Crippen LogP contribution in [0, 0.1) is 5.92 Å². The minimum absolute atomic E-state index is 0.0169. The molecule has 0 bridgehead atoms. The van der Waals surface area contributed by atoms with E-state index in [4.69, 9.17) is 4.98 Å². The van der Waals surface area contributed by atoms with Crippen LogP contribution in [0.4, 0.5) is 5.82 Å². The summed E-state index contributed by atoms with van der Waals surface area (Å²) in [6.07, 6.45) is 4.86. The Bertz CT molecular complexity index is 1420. The lowest BCUT2D eigenvalue weighted by molar-refractivity contribution is -0.121. The molecule has 0 spiro atoms. The summed E-state index contributed by atoms with van der Waals surface area (Å²) < 4.78 is 2.20. The van der Waals surface area contributed by atoms with Crippen LogP contribution in [0.1, 0.15) is 29.0 Å². The standard InChI is InChI=1S/C27H27N7O2/c35-26(18-8-11-33(12-9-18)27(36)19-4-2-1-3-5-19)32-24-14-22-20(15-29-24)6-7-21(31-22)23-16-30-25-17-28-10-13-34(23)25/h1-7,14-16,18,28H,8-13,17H2,(H,29,32,35). The lowest BCUT2D eigenvalue weighted by Crippen LogP contribution is -2.41. The highest BCUT2D eigenvalue weighted by Crippen LogP contribution is 2.25. The number of hydrogen-bond donors (Lipinski definition) is 2. The summed E-state index contributed by atoms with van der Waals surface area (Å²) in [4.78, 5) is 41.3. The van der Waals surface area contributed by atoms with Crippen LogP contribution in [0.25, 0.3) is 22.3 Å². The summed E-state index contributed by atoms with van der Waals surface area (Å²) in [5.41, 5.74) is 3.29. The Morgan fingerprint density at radius 2 is 1.81 bits per heavy atom. The topological polar surface area (TPSA) is 105 Å². The molecule has 2 N–H and O–H groups in total. The average molecular weight is 482 g/mol. The molecule has 1 aromatic carbocycles. The van der Waals surface area contributed by atoms with E-state index in [0.717, 1.165) is 47.7 Å². The molecule has 5 heterocycles. The molecule has 1 saturated heterocycles. The van der Waals surface area contributed by atoms with Gasteiger partial charge < -0.3 is 20.1 Å². The third-order valence-corrected chi connectivity index (χ3v) is 6.99. The van der Waals surface area contributed by atoms with Crippen molar-refractivity contribution in [2.45, 2.75) is 25.9 Å². The fraction of sp³-hybridized carbons (Fsp3) is 0.296. The number of aromatic nitrogens is 4. The molecule has 0 saturated carbocycles. The summed E-state index contributed by atoms with van der Waals surface area (Å²) in [6, 6.07) is 15.1. The molecule has 9 nitrogen and oxygen atoms in total. The van der Waals surface area contributed by atoms with Crippen molar-refractivity contribution in [1.29, 1.82) is 0 Å². The van der Waals surface area contributed by atoms with Crippen LogP contribution in [0.3, 0.4) is 0 Å². The number of fused-ring (bicyclic) bond motifs is 2. The lowest BCUT2D eigenvalue weighted by atomic mass is 9.95. The van der Waals surface area contributed by atoms with Gasteiger partial charge in [-0.2, -0.15) is 0 Å². The Kier molecular flexibility index (Phi) is 5.90. The summed E-state index contributed by atoms with van der Waals surface area (Å²) in [5.74, 6) is 1.29. The number of anilines is 1. The maximum Gasteiger partial charge on any atom is 0.253 e. The van der Waals surface area contributed by atoms with Crippen LogP contribution < -0.4 is 10.6 Å². The van der Waals surface area contributed by atoms with Crippen LogP contribution in [0.2, 0.25) is 0 Å². The number of amides is 2. The highest BCUT2D eigenvalue weighted by molar-refractivity contribution is 5.95. The molecule has 2 aliphatic rings. The van der Waals surface area contributed by atoms with E-state index in [9.17, 15) is 9.59 Å². The first-order valence-corrected chi connectivity index (χ1v) is 12.3. The van der Waals surface area contributed by atoms with Gasteiger partial charge in [0.25, 0.3) is 5.91 Å². The normalized spacial score (nSPS) is 16.1. The third kappa shape index (κ3) is 4.33. The number of hydrogen-bond acceptors (Lipinski definition) is 6. The van der Waals surface area contributed by atoms with Crippen LogP contribution in [0.5, 0.6) is 0 Å². The van der Waals surface area contributed by atoms with Gasteiger partial charge in [0.1, 0.15) is 11.6 Å². The number of nitrogens with zero attached hydrogens (tertiary/aromatic N) is 5. The Balaban J connectivity index is 1.13. The maximum absolute atomic E-state index is 13.0. The molecule has 0 atom stereocenters. The lowest BCUT2D eigenvalue weighted by Gasteiger charge is -2.31. The number of likely N-dealkylation sites (tertiary alicyclic amines) is 1. The van der Waals surface area contributed by atoms with Gasteiger partial charge >= 0.3 is 0 Å². The molecule has 2 aliphatic heterocycles. The second-order valence-corrected chi connectivity index (χ2v) is 9.27. The van der Waals surface area contributed by atoms with Gasteiger partial charge in [0.2, 0.25) is 5.91 Å². The van der Waals surface area contributed by atoms with Crippen molar-refractivity contribution in [1.82, 2.24) is 29.7 Å². The summed E-state index contributed by atoms with van der Waals surface area (Å²) in [7, 11) is 0. The van der Waals surface area contributed by atoms with Crippen LogP contribution >= 0.6 is 0 Å². The number of carbonyl (C=O) groups is 2. The molecule has 0 radical (unpaired) electrons. The molecule has 0 aliphatic carbocycles. The molecule has 36 heavy (non-hydrogen) atoms. The van der Waals surface area contributed by atoms with Gasteiger partial charge in [-0.3, -0.25) is 9.59 Å². The maximum atomic E-state index is 13.0. The molecular formula is C27H27N7O2. The van der Waals surface area contributed by atoms with Gasteiger partial charge in [-0.05, 0) is 37.1 Å². The zero-order valence-electron chi connectivity index (χ0n) is 19.9. The molecule has 2 amide bonds. The Morgan fingerprint density at radius 3 is 2.64 bits per heavy atom. The van der Waals surface area contributed by atoms with E-state index in [-0.39, 0.29) is 17.7 Å². The van der Waals surface area contributed by atoms with Crippen molar-refractivity contribution in [2.75, 3.05) is 25.0 Å². The zero-order valence-corrected chi connectivity index (χ0v) is 19.9. The highest BCUT2D eigenvalue weighted by Gasteiger charge is 2.28. The van der Waals surface area contributed by atoms with E-state index in [1.807, 2.05) is 59.6 Å². The second-order valence-electron chi connectivity index (χ2n) is 9.27. The van der Waals surface area contributed by atoms with Crippen LogP contribution in [-0.2, 0) is 17.9 Å². The molecule has 4 aromatic rings. The summed E-state index contributed by atoms with van der Waals surface area (Å²) in [5, 5.41) is 7.20. The van der Waals surface area contributed by atoms with Crippen molar-refractivity contribution < 1.29 is 9.59 Å². The Morgan fingerprint density at radius 1 is 0.972 bits per heavy atom. The second kappa shape index (κ2) is 9.50. The zero-order chi connectivity index (χ0) is 24.5. The first kappa shape index (κ1) is 22.4. The SMILES string of the molecule is O=C(Nc1cc2nc(-c3cnc4n3CCNC4)ccc2cn1)C1CCN(C(=O)c2ccccc2)CC1. The van der Waals surface area contributed by atoms with Gasteiger partial charge in [0.05, 0.1) is 29.6 Å². The van der Waals surface area contributed by atoms with E-state index in [0.29, 0.717) is 37.3 Å². The molecular weight excluding hydrogens is 454 g/mol. The average Bonchev–Trinajstić information content (AvgIpc) is 3.37. The molecule has 0 unspecified atom stereocenters. The van der Waals surface area contributed by atoms with Gasteiger partial charge in [-0.1, -0.05) is 18.2 Å². The molecule has 6 rings (SSSR count). The predicted octanol–water partition coefficient (Wildman–Crippen LogP) is 3.09. The summed E-state index contributed by atoms with van der Waals surface area (Å²) >= 11 is 0. The largest absolute Gasteiger partial charge is 0.339 e. The van der Waals surface area contributed by atoms with Gasteiger partial charge in [-0.25, -0.2) is 15.0 Å². The van der Waals surface area contributed by atoms with Crippen LogP contribution in [-0.4, -0.2) is 55.9 Å². The smallest absolute Gasteiger partial charge is 0.253 e. The molecule has 182 valence electrons. The van der Waals surface area contributed by atoms with Gasteiger partial charge in [-0.15, -0.1) is 0 Å². The van der Waals surface area contributed by atoms with E-state index in [1.54, 1.807) is 6.20 Å². The minimum Gasteiger partial charge on any atom is -0.339 e. The van der Waals surface area contributed by atoms with Crippen molar-refractivity contribution in [2.24, 2.45) is 5.92 Å². The number of piperidine rings is 1. The van der Waals surface area contributed by atoms with Crippen molar-refractivity contribution in [3.8, 4) is 11.4 Å². The number of pyridine rings is 2. The minimum atomic E-state index is -0.159. The van der Waals surface area contributed by atoms with E-state index in [1.165, 1.54) is 0 Å². The molecule has 1 fully saturated rings. The highest BCUT2D eigenvalue weighted by atomic mass is 16.2. The molecule has 3 aromatic heterocycles. The summed E-state index contributed by atoms with van der Waals surface area (Å²) in [6.45, 7) is 3.65. The fourth-order valence-corrected chi connectivity index (χ4v) is 4.96. The Labute approximate surface area is 208 Å². The predicted molar refractivity (Wildman–Crippen MR) is 136 cm³/mol. The number of imidazole rings is 1. The quantitative estimate of drug-likeness (QED) is 0.464. The van der Waals surface area contributed by atoms with Crippen molar-refractivity contribution in [3.63, 3.8) is 0 Å². The number of rotatable bonds is 4. The van der Waals surface area contributed by atoms with Gasteiger partial charge in [0.15, 0.2) is 0 Å². The number of benzene rings is 1. The first-order valence-electron chi connectivity index (χ1n) is 12.3. The van der Waals surface area contributed by atoms with Gasteiger partial charge in [0, 0.05) is 55.3 Å². The van der Waals surface area contributed by atoms with E-state index in [2.05, 4.69) is 25.2 Å². The van der Waals surface area contributed by atoms with E-state index < -0.39 is 0 Å². The fourth-order valence-electron chi connectivity index (χ4n) is 4.96. The van der Waals surface area contributed by atoms with Crippen molar-refractivity contribution >= 4 is 28.5 Å². The third-order valence-electron chi connectivity index (χ3n) is 6.99. The Hall–Kier alpha value is -4.11. The number of nitrogens with one attached hydrogen (secondary N) is 2. The number of carbonyl (C=O) groups excluding carboxylic acids is 2. The van der Waals surface area contributed by atoms with Crippen molar-refractivity contribution in [3.05, 3.63) is 72.3 Å². The van der Waals surface area contributed by atoms with Crippen LogP contribution in [0.15, 0.2) is 60.9 Å². The monoisotopic (exact) mass is 481 g/mol.